The first-order valence-electron chi connectivity index (χ1n) is 8.71. The van der Waals surface area contributed by atoms with Crippen LogP contribution in [0.1, 0.15) is 32.1 Å². The first-order valence-corrected chi connectivity index (χ1v) is 9.12. The van der Waals surface area contributed by atoms with Gasteiger partial charge < -0.3 is 25.0 Å². The van der Waals surface area contributed by atoms with Crippen molar-refractivity contribution in [3.05, 3.63) is 0 Å². The lowest BCUT2D eigenvalue weighted by atomic mass is 10.1. The Hall–Kier alpha value is -1.74. The van der Waals surface area contributed by atoms with Crippen molar-refractivity contribution in [3.63, 3.8) is 0 Å². The zero-order valence-corrected chi connectivity index (χ0v) is 14.8. The third-order valence-corrected chi connectivity index (χ3v) is 4.92. The van der Waals surface area contributed by atoms with E-state index in [-0.39, 0.29) is 42.0 Å². The molecular formula is C16H23N3O5S. The van der Waals surface area contributed by atoms with Gasteiger partial charge in [-0.1, -0.05) is 0 Å². The van der Waals surface area contributed by atoms with Gasteiger partial charge in [-0.15, -0.1) is 0 Å². The Bertz CT molecular complexity index is 560. The Morgan fingerprint density at radius 3 is 2.84 bits per heavy atom. The number of carbonyl (C=O) groups excluding carboxylic acids is 3. The largest absolute Gasteiger partial charge is 0.463 e. The van der Waals surface area contributed by atoms with Crippen molar-refractivity contribution in [1.29, 1.82) is 0 Å². The summed E-state index contributed by atoms with van der Waals surface area (Å²) >= 11 is 5.27. The van der Waals surface area contributed by atoms with E-state index in [1.54, 1.807) is 4.90 Å². The second-order valence-corrected chi connectivity index (χ2v) is 6.98. The molecule has 2 aliphatic heterocycles. The first-order chi connectivity index (χ1) is 12.0. The molecule has 2 heterocycles. The zero-order valence-electron chi connectivity index (χ0n) is 14.0. The highest BCUT2D eigenvalue weighted by atomic mass is 32.1. The molecule has 9 heteroatoms. The van der Waals surface area contributed by atoms with Gasteiger partial charge in [0.15, 0.2) is 5.11 Å². The highest BCUT2D eigenvalue weighted by Gasteiger charge is 2.36. The number of esters is 1. The van der Waals surface area contributed by atoms with Crippen molar-refractivity contribution < 1.29 is 23.9 Å². The minimum Gasteiger partial charge on any atom is -0.463 e. The Morgan fingerprint density at radius 2 is 2.16 bits per heavy atom. The van der Waals surface area contributed by atoms with Gasteiger partial charge in [0, 0.05) is 25.6 Å². The quantitative estimate of drug-likeness (QED) is 0.508. The van der Waals surface area contributed by atoms with Gasteiger partial charge in [-0.2, -0.15) is 0 Å². The number of ether oxygens (including phenoxy) is 2. The minimum atomic E-state index is -0.766. The number of hydrogen-bond donors (Lipinski definition) is 2. The van der Waals surface area contributed by atoms with Crippen LogP contribution in [0.2, 0.25) is 0 Å². The van der Waals surface area contributed by atoms with Crippen LogP contribution in [0.15, 0.2) is 0 Å². The van der Waals surface area contributed by atoms with E-state index in [0.29, 0.717) is 19.7 Å². The van der Waals surface area contributed by atoms with Crippen LogP contribution < -0.4 is 10.6 Å². The van der Waals surface area contributed by atoms with Crippen LogP contribution in [0.3, 0.4) is 0 Å². The fourth-order valence-electron chi connectivity index (χ4n) is 2.96. The normalized spacial score (nSPS) is 26.1. The fraction of sp³-hybridized carbons (Fsp3) is 0.750. The lowest BCUT2D eigenvalue weighted by Crippen LogP contribution is -2.60. The average molecular weight is 369 g/mol. The summed E-state index contributed by atoms with van der Waals surface area (Å²) in [4.78, 5) is 37.8. The van der Waals surface area contributed by atoms with Gasteiger partial charge in [0.25, 0.3) is 0 Å². The number of nitrogens with zero attached hydrogens (tertiary/aromatic N) is 1. The smallest absolute Gasteiger partial charge is 0.308 e. The van der Waals surface area contributed by atoms with Crippen molar-refractivity contribution in [2.75, 3.05) is 26.3 Å². The molecule has 3 rings (SSSR count). The van der Waals surface area contributed by atoms with Crippen molar-refractivity contribution in [2.45, 2.75) is 44.2 Å². The number of piperazine rings is 1. The van der Waals surface area contributed by atoms with Crippen molar-refractivity contribution in [2.24, 2.45) is 5.92 Å². The molecule has 0 bridgehead atoms. The molecule has 2 saturated heterocycles. The van der Waals surface area contributed by atoms with Gasteiger partial charge in [0.1, 0.15) is 12.6 Å². The molecule has 0 unspecified atom stereocenters. The molecule has 8 nitrogen and oxygen atoms in total. The second kappa shape index (κ2) is 8.09. The van der Waals surface area contributed by atoms with Crippen LogP contribution in [0.5, 0.6) is 0 Å². The number of nitrogens with one attached hydrogen (secondary N) is 2. The molecule has 1 aliphatic carbocycles. The number of amides is 2. The average Bonchev–Trinajstić information content (AvgIpc) is 3.31. The van der Waals surface area contributed by atoms with Crippen LogP contribution in [0, 0.1) is 5.92 Å². The Labute approximate surface area is 151 Å². The fourth-order valence-corrected chi connectivity index (χ4v) is 3.28. The first kappa shape index (κ1) is 18.1. The predicted molar refractivity (Wildman–Crippen MR) is 91.5 cm³/mol. The Balaban J connectivity index is 1.53. The number of rotatable bonds is 5. The monoisotopic (exact) mass is 369 g/mol. The van der Waals surface area contributed by atoms with Gasteiger partial charge >= 0.3 is 5.97 Å². The molecule has 0 radical (unpaired) electrons. The molecule has 25 heavy (non-hydrogen) atoms. The predicted octanol–water partition coefficient (Wildman–Crippen LogP) is -0.290. The highest BCUT2D eigenvalue weighted by molar-refractivity contribution is 7.80. The van der Waals surface area contributed by atoms with Crippen molar-refractivity contribution in [3.8, 4) is 0 Å². The summed E-state index contributed by atoms with van der Waals surface area (Å²) in [6.45, 7) is 1.75. The Kier molecular flexibility index (Phi) is 5.85. The molecular weight excluding hydrogens is 346 g/mol. The van der Waals surface area contributed by atoms with Crippen LogP contribution in [-0.4, -0.2) is 66.2 Å². The Morgan fingerprint density at radius 1 is 1.36 bits per heavy atom. The lowest BCUT2D eigenvalue weighted by Gasteiger charge is -2.36. The molecule has 0 spiro atoms. The van der Waals surface area contributed by atoms with Gasteiger partial charge in [-0.05, 0) is 37.9 Å². The van der Waals surface area contributed by atoms with E-state index in [2.05, 4.69) is 10.6 Å². The topological polar surface area (TPSA) is 97.0 Å². The van der Waals surface area contributed by atoms with E-state index in [0.717, 1.165) is 25.7 Å². The summed E-state index contributed by atoms with van der Waals surface area (Å²) in [6.07, 6.45) is 3.41. The van der Waals surface area contributed by atoms with Gasteiger partial charge in [-0.25, -0.2) is 0 Å². The maximum atomic E-state index is 12.2. The van der Waals surface area contributed by atoms with E-state index in [1.807, 2.05) is 0 Å². The maximum Gasteiger partial charge on any atom is 0.308 e. The standard InChI is InChI=1S/C16H23N3O5S/c20-13(24-9-11-2-1-7-23-11)8-12-15(22)17-5-6-19(12)16(25)18-14(21)10-3-4-10/h10-12H,1-9H2,(H,17,22)(H,18,21,25)/t11-,12+/m1/s1. The third kappa shape index (κ3) is 4.88. The van der Waals surface area contributed by atoms with Crippen LogP contribution in [0.25, 0.3) is 0 Å². The van der Waals surface area contributed by atoms with Gasteiger partial charge in [-0.3, -0.25) is 14.4 Å². The third-order valence-electron chi connectivity index (χ3n) is 4.58. The second-order valence-electron chi connectivity index (χ2n) is 6.59. The van der Waals surface area contributed by atoms with Crippen LogP contribution in [-0.2, 0) is 23.9 Å². The molecule has 2 atom stereocenters. The number of hydrogen-bond acceptors (Lipinski definition) is 6. The molecule has 2 amide bonds. The van der Waals surface area contributed by atoms with Crippen molar-refractivity contribution in [1.82, 2.24) is 15.5 Å². The number of thiocarbonyl (C=S) groups is 1. The van der Waals surface area contributed by atoms with Crippen molar-refractivity contribution >= 4 is 35.1 Å². The number of carbonyl (C=O) groups is 3. The van der Waals surface area contributed by atoms with E-state index in [1.165, 1.54) is 0 Å². The molecule has 0 aromatic rings. The lowest BCUT2D eigenvalue weighted by molar-refractivity contribution is -0.150. The van der Waals surface area contributed by atoms with Crippen LogP contribution >= 0.6 is 12.2 Å². The van der Waals surface area contributed by atoms with E-state index >= 15 is 0 Å². The summed E-state index contributed by atoms with van der Waals surface area (Å²) < 4.78 is 10.6. The van der Waals surface area contributed by atoms with E-state index in [4.69, 9.17) is 21.7 Å². The summed E-state index contributed by atoms with van der Waals surface area (Å²) in [7, 11) is 0. The molecule has 2 N–H and O–H groups in total. The summed E-state index contributed by atoms with van der Waals surface area (Å²) in [5.74, 6) is -0.857. The summed E-state index contributed by atoms with van der Waals surface area (Å²) in [5, 5.41) is 5.60. The summed E-state index contributed by atoms with van der Waals surface area (Å²) in [6, 6.07) is -0.766. The maximum absolute atomic E-state index is 12.2. The molecule has 1 saturated carbocycles. The molecule has 138 valence electrons. The van der Waals surface area contributed by atoms with E-state index in [9.17, 15) is 14.4 Å². The van der Waals surface area contributed by atoms with Crippen LogP contribution in [0.4, 0.5) is 0 Å². The SMILES string of the molecule is O=C(C[C@H]1C(=O)NCCN1C(=S)NC(=O)C1CC1)OC[C@H]1CCCO1. The molecule has 0 aromatic heterocycles. The van der Waals surface area contributed by atoms with E-state index < -0.39 is 12.0 Å². The van der Waals surface area contributed by atoms with Gasteiger partial charge in [0.05, 0.1) is 12.5 Å². The van der Waals surface area contributed by atoms with Gasteiger partial charge in [0.2, 0.25) is 11.8 Å². The molecule has 3 aliphatic rings. The minimum absolute atomic E-state index is 0.0198. The summed E-state index contributed by atoms with van der Waals surface area (Å²) in [5.41, 5.74) is 0. The molecule has 0 aromatic carbocycles. The zero-order chi connectivity index (χ0) is 17.8. The molecule has 3 fully saturated rings. The highest BCUT2D eigenvalue weighted by Crippen LogP contribution is 2.28.